The molecule has 137 valence electrons. The van der Waals surface area contributed by atoms with E-state index < -0.39 is 0 Å². The fraction of sp³-hybridized carbons (Fsp3) is 0.273. The molecule has 1 aliphatic rings. The third kappa shape index (κ3) is 4.46. The summed E-state index contributed by atoms with van der Waals surface area (Å²) >= 11 is 2.17. The summed E-state index contributed by atoms with van der Waals surface area (Å²) < 4.78 is 2.32. The predicted octanol–water partition coefficient (Wildman–Crippen LogP) is 6.76. The van der Waals surface area contributed by atoms with Crippen molar-refractivity contribution < 1.29 is 20.7 Å². The van der Waals surface area contributed by atoms with E-state index >= 15 is 0 Å². The Kier molecular flexibility index (Phi) is 8.70. The fourth-order valence-corrected chi connectivity index (χ4v) is 4.09. The van der Waals surface area contributed by atoms with Crippen LogP contribution < -0.4 is 3.38 Å². The summed E-state index contributed by atoms with van der Waals surface area (Å²) in [5.41, 5.74) is 9.98. The van der Waals surface area contributed by atoms with Crippen LogP contribution in [0.25, 0.3) is 5.57 Å². The topological polar surface area (TPSA) is 3.24 Å². The molecule has 2 aromatic rings. The number of nitrogens with zero attached hydrogens (tertiary/aromatic N) is 1. The molecule has 0 bridgehead atoms. The number of allylic oxidation sites excluding steroid dienone is 4. The average Bonchev–Trinajstić information content (AvgIpc) is 2.80. The van der Waals surface area contributed by atoms with Crippen molar-refractivity contribution in [2.45, 2.75) is 34.2 Å². The molecule has 3 rings (SSSR count). The third-order valence-electron chi connectivity index (χ3n) is 5.34. The molecule has 0 aromatic heterocycles. The number of anilines is 1. The molecule has 0 radical (unpaired) electrons. The van der Waals surface area contributed by atoms with E-state index in [4.69, 9.17) is 0 Å². The molecule has 1 unspecified atom stereocenters. The SMILES string of the molecule is CC1=C(C)C(C)C(c2ccccc2C[N]([Ti])c2ccccc2)=C1C.Cl.Cl. The van der Waals surface area contributed by atoms with Crippen molar-refractivity contribution in [3.05, 3.63) is 82.4 Å². The van der Waals surface area contributed by atoms with Crippen molar-refractivity contribution in [2.75, 3.05) is 3.38 Å². The van der Waals surface area contributed by atoms with Crippen molar-refractivity contribution in [3.8, 4) is 0 Å². The van der Waals surface area contributed by atoms with Gasteiger partial charge in [0.05, 0.1) is 0 Å². The van der Waals surface area contributed by atoms with Gasteiger partial charge in [-0.15, -0.1) is 24.8 Å². The number of halogens is 2. The molecule has 0 saturated carbocycles. The van der Waals surface area contributed by atoms with Gasteiger partial charge in [0.1, 0.15) is 0 Å². The van der Waals surface area contributed by atoms with Crippen molar-refractivity contribution in [3.63, 3.8) is 0 Å². The second-order valence-electron chi connectivity index (χ2n) is 6.65. The van der Waals surface area contributed by atoms with Crippen LogP contribution in [0.15, 0.2) is 71.3 Å². The predicted molar refractivity (Wildman–Crippen MR) is 114 cm³/mol. The van der Waals surface area contributed by atoms with Crippen molar-refractivity contribution >= 4 is 36.1 Å². The number of rotatable bonds is 4. The second kappa shape index (κ2) is 9.81. The summed E-state index contributed by atoms with van der Waals surface area (Å²) in [7, 11) is 0. The minimum atomic E-state index is 0. The summed E-state index contributed by atoms with van der Waals surface area (Å²) in [6.45, 7) is 10.1. The molecule has 0 spiro atoms. The Balaban J connectivity index is 0.00000169. The standard InChI is InChI=1S/C22H24N.2ClH.Ti/c1-15-16(2)18(4)22(17(15)3)21-13-9-8-10-19(21)14-23-20-11-6-5-7-12-20;;;/h5-13,17H,14H2,1-4H3;2*1H;/q-1;;;+1. The summed E-state index contributed by atoms with van der Waals surface area (Å²) in [6, 6.07) is 19.5. The molecule has 4 heteroatoms. The smallest absolute Gasteiger partial charge is 0.147 e. The molecule has 0 saturated heterocycles. The van der Waals surface area contributed by atoms with Crippen LogP contribution in [0.4, 0.5) is 5.69 Å². The fourth-order valence-electron chi connectivity index (χ4n) is 3.59. The molecular formula is C22H26Cl2NTi. The van der Waals surface area contributed by atoms with Gasteiger partial charge in [0.25, 0.3) is 0 Å². The maximum Gasteiger partial charge on any atom is -0.147 e. The Bertz CT molecular complexity index is 812. The van der Waals surface area contributed by atoms with Crippen LogP contribution in [-0.4, -0.2) is 0 Å². The van der Waals surface area contributed by atoms with E-state index in [9.17, 15) is 0 Å². The van der Waals surface area contributed by atoms with Gasteiger partial charge < -0.3 is 0 Å². The Morgan fingerprint density at radius 1 is 0.846 bits per heavy atom. The van der Waals surface area contributed by atoms with E-state index in [1.54, 1.807) is 0 Å². The number of para-hydroxylation sites is 1. The molecule has 26 heavy (non-hydrogen) atoms. The van der Waals surface area contributed by atoms with E-state index in [0.717, 1.165) is 6.54 Å². The maximum absolute atomic E-state index is 2.34. The van der Waals surface area contributed by atoms with Crippen LogP contribution in [0, 0.1) is 5.92 Å². The van der Waals surface area contributed by atoms with Gasteiger partial charge in [-0.3, -0.25) is 0 Å². The van der Waals surface area contributed by atoms with E-state index in [-0.39, 0.29) is 24.8 Å². The van der Waals surface area contributed by atoms with Gasteiger partial charge in [-0.1, -0.05) is 0 Å². The molecule has 2 aromatic carbocycles. The Hall–Kier alpha value is -0.986. The van der Waals surface area contributed by atoms with Crippen molar-refractivity contribution in [1.82, 2.24) is 0 Å². The average molecular weight is 423 g/mol. The van der Waals surface area contributed by atoms with Crippen LogP contribution in [-0.2, 0) is 27.2 Å². The van der Waals surface area contributed by atoms with Crippen LogP contribution in [0.5, 0.6) is 0 Å². The van der Waals surface area contributed by atoms with E-state index in [2.05, 4.69) is 106 Å². The number of hydrogen-bond acceptors (Lipinski definition) is 1. The number of hydrogen-bond donors (Lipinski definition) is 0. The van der Waals surface area contributed by atoms with Crippen molar-refractivity contribution in [2.24, 2.45) is 5.92 Å². The third-order valence-corrected chi connectivity index (χ3v) is 5.99. The molecule has 0 heterocycles. The molecule has 1 aliphatic carbocycles. The molecule has 1 atom stereocenters. The van der Waals surface area contributed by atoms with Crippen LogP contribution >= 0.6 is 24.8 Å². The molecule has 1 nitrogen and oxygen atoms in total. The molecule has 0 fully saturated rings. The molecule has 0 amide bonds. The van der Waals surface area contributed by atoms with Gasteiger partial charge in [-0.2, -0.15) is 0 Å². The summed E-state index contributed by atoms with van der Waals surface area (Å²) in [6.07, 6.45) is 0. The first-order chi connectivity index (χ1) is 11.5. The zero-order valence-corrected chi connectivity index (χ0v) is 18.9. The van der Waals surface area contributed by atoms with Gasteiger partial charge in [0.15, 0.2) is 0 Å². The Labute approximate surface area is 182 Å². The summed E-state index contributed by atoms with van der Waals surface area (Å²) in [4.78, 5) is 0. The number of benzene rings is 2. The first-order valence-electron chi connectivity index (χ1n) is 8.51. The maximum atomic E-state index is 2.34. The first kappa shape index (κ1) is 23.1. The van der Waals surface area contributed by atoms with Gasteiger partial charge >= 0.3 is 158 Å². The van der Waals surface area contributed by atoms with Gasteiger partial charge in [0.2, 0.25) is 0 Å². The van der Waals surface area contributed by atoms with E-state index in [1.165, 1.54) is 39.1 Å². The second-order valence-corrected chi connectivity index (χ2v) is 7.49. The van der Waals surface area contributed by atoms with Crippen LogP contribution in [0.3, 0.4) is 0 Å². The van der Waals surface area contributed by atoms with Gasteiger partial charge in [0, 0.05) is 0 Å². The Morgan fingerprint density at radius 2 is 1.42 bits per heavy atom. The van der Waals surface area contributed by atoms with Crippen LogP contribution in [0.2, 0.25) is 0 Å². The minimum absolute atomic E-state index is 0. The molecular weight excluding hydrogens is 397 g/mol. The Morgan fingerprint density at radius 3 is 2.00 bits per heavy atom. The first-order valence-corrected chi connectivity index (χ1v) is 9.21. The van der Waals surface area contributed by atoms with Crippen molar-refractivity contribution in [1.29, 1.82) is 0 Å². The largest absolute Gasteiger partial charge is 0.147 e. The quantitative estimate of drug-likeness (QED) is 0.492. The minimum Gasteiger partial charge on any atom is -0.147 e. The zero-order chi connectivity index (χ0) is 17.3. The summed E-state index contributed by atoms with van der Waals surface area (Å²) in [5, 5.41) is 0. The zero-order valence-electron chi connectivity index (χ0n) is 15.7. The molecule has 0 N–H and O–H groups in total. The van der Waals surface area contributed by atoms with E-state index in [1.807, 2.05) is 0 Å². The summed E-state index contributed by atoms with van der Waals surface area (Å²) in [5.74, 6) is 0.508. The van der Waals surface area contributed by atoms with Gasteiger partial charge in [-0.05, 0) is 0 Å². The van der Waals surface area contributed by atoms with E-state index in [0.29, 0.717) is 5.92 Å². The normalized spacial score (nSPS) is 16.2. The molecule has 0 aliphatic heterocycles. The van der Waals surface area contributed by atoms with Crippen LogP contribution in [0.1, 0.15) is 38.8 Å². The monoisotopic (exact) mass is 422 g/mol. The van der Waals surface area contributed by atoms with Gasteiger partial charge in [-0.25, -0.2) is 0 Å².